The molecule has 1 rings (SSSR count). The minimum atomic E-state index is -0.833. The number of carboxylic acids is 1. The molecular weight excluding hydrogens is 192 g/mol. The summed E-state index contributed by atoms with van der Waals surface area (Å²) in [5.74, 6) is -0.833. The fraction of sp³-hybridized carbons (Fsp3) is 0.750. The quantitative estimate of drug-likeness (QED) is 0.609. The van der Waals surface area contributed by atoms with E-state index in [4.69, 9.17) is 9.90 Å². The highest BCUT2D eigenvalue weighted by Crippen LogP contribution is 2.32. The maximum Gasteiger partial charge on any atom is 0.300 e. The van der Waals surface area contributed by atoms with Crippen molar-refractivity contribution in [1.29, 1.82) is 0 Å². The zero-order chi connectivity index (χ0) is 12.1. The zero-order valence-electron chi connectivity index (χ0n) is 10.1. The van der Waals surface area contributed by atoms with Gasteiger partial charge in [-0.3, -0.25) is 4.79 Å². The van der Waals surface area contributed by atoms with E-state index in [0.717, 1.165) is 32.6 Å². The van der Waals surface area contributed by atoms with Crippen LogP contribution in [0.1, 0.15) is 53.4 Å². The fourth-order valence-electron chi connectivity index (χ4n) is 1.59. The first-order valence-electron chi connectivity index (χ1n) is 5.32. The summed E-state index contributed by atoms with van der Waals surface area (Å²) in [4.78, 5) is 9.00. The van der Waals surface area contributed by atoms with E-state index in [9.17, 15) is 5.11 Å². The molecular formula is C12H22O3. The number of allylic oxidation sites excluding steroid dienone is 2. The molecule has 1 aliphatic carbocycles. The van der Waals surface area contributed by atoms with E-state index in [2.05, 4.69) is 13.8 Å². The average molecular weight is 214 g/mol. The normalized spacial score (nSPS) is 25.3. The number of carboxylic acid groups (broad SMARTS) is 1. The Morgan fingerprint density at radius 3 is 1.80 bits per heavy atom. The SMILES string of the molecule is CC(=O)O.CC(C)=C1CCC(C)(O)CC1. The number of rotatable bonds is 0. The van der Waals surface area contributed by atoms with Gasteiger partial charge < -0.3 is 10.2 Å². The summed E-state index contributed by atoms with van der Waals surface area (Å²) < 4.78 is 0. The summed E-state index contributed by atoms with van der Waals surface area (Å²) in [5, 5.41) is 17.1. The van der Waals surface area contributed by atoms with Crippen LogP contribution in [0.5, 0.6) is 0 Å². The predicted octanol–water partition coefficient (Wildman–Crippen LogP) is 2.74. The van der Waals surface area contributed by atoms with Crippen molar-refractivity contribution >= 4 is 5.97 Å². The predicted molar refractivity (Wildman–Crippen MR) is 60.8 cm³/mol. The molecule has 3 heteroatoms. The second-order valence-electron chi connectivity index (χ2n) is 4.62. The summed E-state index contributed by atoms with van der Waals surface area (Å²) in [6.45, 7) is 7.35. The molecule has 1 fully saturated rings. The molecule has 0 unspecified atom stereocenters. The lowest BCUT2D eigenvalue weighted by Crippen LogP contribution is -2.27. The maximum atomic E-state index is 9.65. The van der Waals surface area contributed by atoms with Gasteiger partial charge in [0, 0.05) is 6.92 Å². The van der Waals surface area contributed by atoms with Crippen LogP contribution in [0.2, 0.25) is 0 Å². The van der Waals surface area contributed by atoms with Crippen LogP contribution in [-0.4, -0.2) is 21.8 Å². The molecule has 0 aromatic carbocycles. The van der Waals surface area contributed by atoms with Gasteiger partial charge in [0.2, 0.25) is 0 Å². The molecule has 0 spiro atoms. The Labute approximate surface area is 91.8 Å². The number of hydrogen-bond acceptors (Lipinski definition) is 2. The highest BCUT2D eigenvalue weighted by Gasteiger charge is 2.25. The molecule has 0 aromatic heterocycles. The molecule has 3 nitrogen and oxygen atoms in total. The Balaban J connectivity index is 0.000000423. The minimum absolute atomic E-state index is 0.390. The molecule has 2 N–H and O–H groups in total. The van der Waals surface area contributed by atoms with E-state index in [1.54, 1.807) is 5.57 Å². The lowest BCUT2D eigenvalue weighted by molar-refractivity contribution is -0.134. The summed E-state index contributed by atoms with van der Waals surface area (Å²) in [6.07, 6.45) is 4.06. The topological polar surface area (TPSA) is 57.5 Å². The van der Waals surface area contributed by atoms with Crippen molar-refractivity contribution in [1.82, 2.24) is 0 Å². The van der Waals surface area contributed by atoms with Gasteiger partial charge in [0.15, 0.2) is 0 Å². The number of aliphatic carboxylic acids is 1. The highest BCUT2D eigenvalue weighted by molar-refractivity contribution is 5.62. The van der Waals surface area contributed by atoms with Crippen molar-refractivity contribution in [2.75, 3.05) is 0 Å². The Kier molecular flexibility index (Phi) is 5.58. The monoisotopic (exact) mass is 214 g/mol. The average Bonchev–Trinajstić information content (AvgIpc) is 2.01. The zero-order valence-corrected chi connectivity index (χ0v) is 10.1. The Bertz CT molecular complexity index is 232. The number of hydrogen-bond donors (Lipinski definition) is 2. The largest absolute Gasteiger partial charge is 0.481 e. The van der Waals surface area contributed by atoms with Crippen LogP contribution in [0.4, 0.5) is 0 Å². The first-order valence-corrected chi connectivity index (χ1v) is 5.32. The molecule has 15 heavy (non-hydrogen) atoms. The van der Waals surface area contributed by atoms with Crippen LogP contribution in [0.3, 0.4) is 0 Å². The third-order valence-electron chi connectivity index (χ3n) is 2.64. The van der Waals surface area contributed by atoms with Crippen molar-refractivity contribution in [3.05, 3.63) is 11.1 Å². The van der Waals surface area contributed by atoms with Crippen molar-refractivity contribution in [3.63, 3.8) is 0 Å². The first-order chi connectivity index (χ1) is 6.74. The summed E-state index contributed by atoms with van der Waals surface area (Å²) >= 11 is 0. The van der Waals surface area contributed by atoms with Crippen LogP contribution in [0, 0.1) is 0 Å². The minimum Gasteiger partial charge on any atom is -0.481 e. The van der Waals surface area contributed by atoms with Gasteiger partial charge in [-0.05, 0) is 46.5 Å². The fourth-order valence-corrected chi connectivity index (χ4v) is 1.59. The molecule has 1 aliphatic rings. The molecule has 88 valence electrons. The molecule has 0 aromatic rings. The number of carbonyl (C=O) groups is 1. The van der Waals surface area contributed by atoms with E-state index < -0.39 is 5.97 Å². The van der Waals surface area contributed by atoms with Gasteiger partial charge in [-0.25, -0.2) is 0 Å². The summed E-state index contributed by atoms with van der Waals surface area (Å²) in [5.41, 5.74) is 2.61. The molecule has 0 saturated heterocycles. The third kappa shape index (κ3) is 7.14. The van der Waals surface area contributed by atoms with E-state index >= 15 is 0 Å². The third-order valence-corrected chi connectivity index (χ3v) is 2.64. The smallest absolute Gasteiger partial charge is 0.300 e. The second-order valence-corrected chi connectivity index (χ2v) is 4.62. The van der Waals surface area contributed by atoms with Crippen molar-refractivity contribution in [3.8, 4) is 0 Å². The summed E-state index contributed by atoms with van der Waals surface area (Å²) in [6, 6.07) is 0. The van der Waals surface area contributed by atoms with Gasteiger partial charge in [0.1, 0.15) is 0 Å². The second kappa shape index (κ2) is 5.91. The lowest BCUT2D eigenvalue weighted by Gasteiger charge is -2.30. The summed E-state index contributed by atoms with van der Waals surface area (Å²) in [7, 11) is 0. The van der Waals surface area contributed by atoms with E-state index in [0.29, 0.717) is 0 Å². The van der Waals surface area contributed by atoms with Crippen molar-refractivity contribution in [2.45, 2.75) is 59.0 Å². The molecule has 0 heterocycles. The van der Waals surface area contributed by atoms with Gasteiger partial charge >= 0.3 is 0 Å². The molecule has 0 atom stereocenters. The van der Waals surface area contributed by atoms with Crippen molar-refractivity contribution in [2.24, 2.45) is 0 Å². The Morgan fingerprint density at radius 2 is 1.53 bits per heavy atom. The number of aliphatic hydroxyl groups is 1. The van der Waals surface area contributed by atoms with E-state index in [-0.39, 0.29) is 5.60 Å². The molecule has 0 aliphatic heterocycles. The lowest BCUT2D eigenvalue weighted by atomic mass is 9.82. The van der Waals surface area contributed by atoms with Crippen LogP contribution in [0.15, 0.2) is 11.1 Å². The van der Waals surface area contributed by atoms with Gasteiger partial charge in [0.25, 0.3) is 5.97 Å². The molecule has 0 amide bonds. The van der Waals surface area contributed by atoms with E-state index in [1.807, 2.05) is 6.92 Å². The van der Waals surface area contributed by atoms with Crippen LogP contribution < -0.4 is 0 Å². The van der Waals surface area contributed by atoms with Gasteiger partial charge in [-0.1, -0.05) is 11.1 Å². The Hall–Kier alpha value is -0.830. The molecule has 1 saturated carbocycles. The van der Waals surface area contributed by atoms with Crippen LogP contribution in [0.25, 0.3) is 0 Å². The Morgan fingerprint density at radius 1 is 1.20 bits per heavy atom. The van der Waals surface area contributed by atoms with Gasteiger partial charge in [0.05, 0.1) is 5.60 Å². The van der Waals surface area contributed by atoms with Crippen LogP contribution in [-0.2, 0) is 4.79 Å². The highest BCUT2D eigenvalue weighted by atomic mass is 16.4. The van der Waals surface area contributed by atoms with E-state index in [1.165, 1.54) is 5.57 Å². The van der Waals surface area contributed by atoms with Gasteiger partial charge in [-0.15, -0.1) is 0 Å². The molecule has 0 bridgehead atoms. The van der Waals surface area contributed by atoms with Crippen LogP contribution >= 0.6 is 0 Å². The van der Waals surface area contributed by atoms with Gasteiger partial charge in [-0.2, -0.15) is 0 Å². The standard InChI is InChI=1S/C10H18O.C2H4O2/c1-8(2)9-4-6-10(3,11)7-5-9;1-2(3)4/h11H,4-7H2,1-3H3;1H3,(H,3,4). The molecule has 0 radical (unpaired) electrons. The maximum absolute atomic E-state index is 9.65. The van der Waals surface area contributed by atoms with Crippen molar-refractivity contribution < 1.29 is 15.0 Å². The first kappa shape index (κ1) is 14.2.